The van der Waals surface area contributed by atoms with Gasteiger partial charge in [-0.05, 0) is 54.2 Å². The second-order valence-electron chi connectivity index (χ2n) is 4.91. The predicted octanol–water partition coefficient (Wildman–Crippen LogP) is 5.55. The maximum Gasteiger partial charge on any atom is 0.174 e. The molecule has 0 saturated carbocycles. The van der Waals surface area contributed by atoms with Crippen LogP contribution < -0.4 is 5.32 Å². The Morgan fingerprint density at radius 1 is 1.18 bits per heavy atom. The number of thioether (sulfide) groups is 1. The molecular formula is C16H14BrClN2S2. The third kappa shape index (κ3) is 3.77. The topological polar surface area (TPSA) is 15.3 Å². The van der Waals surface area contributed by atoms with Gasteiger partial charge in [-0.3, -0.25) is 0 Å². The molecule has 22 heavy (non-hydrogen) atoms. The van der Waals surface area contributed by atoms with Gasteiger partial charge in [0.05, 0.1) is 0 Å². The molecule has 0 bridgehead atoms. The molecule has 0 aliphatic carbocycles. The number of nitrogens with one attached hydrogen (secondary N) is 1. The van der Waals surface area contributed by atoms with Crippen molar-refractivity contribution < 1.29 is 0 Å². The molecule has 1 unspecified atom stereocenters. The zero-order valence-corrected chi connectivity index (χ0v) is 15.6. The molecule has 1 fully saturated rings. The van der Waals surface area contributed by atoms with Gasteiger partial charge in [-0.25, -0.2) is 0 Å². The third-order valence-electron chi connectivity index (χ3n) is 3.40. The van der Waals surface area contributed by atoms with Gasteiger partial charge in [0, 0.05) is 27.5 Å². The molecule has 2 aromatic rings. The van der Waals surface area contributed by atoms with Crippen LogP contribution in [0.25, 0.3) is 0 Å². The highest BCUT2D eigenvalue weighted by Gasteiger charge is 2.28. The van der Waals surface area contributed by atoms with Crippen LogP contribution in [0.15, 0.2) is 53.0 Å². The minimum Gasteiger partial charge on any atom is -0.333 e. The fourth-order valence-corrected chi connectivity index (χ4v) is 4.35. The molecule has 1 heterocycles. The first-order chi connectivity index (χ1) is 10.6. The monoisotopic (exact) mass is 412 g/mol. The molecular weight excluding hydrogens is 400 g/mol. The zero-order valence-electron chi connectivity index (χ0n) is 11.6. The Morgan fingerprint density at radius 2 is 1.86 bits per heavy atom. The fraction of sp³-hybridized carbons (Fsp3) is 0.188. The van der Waals surface area contributed by atoms with Crippen molar-refractivity contribution in [2.75, 3.05) is 17.6 Å². The predicted molar refractivity (Wildman–Crippen MR) is 104 cm³/mol. The van der Waals surface area contributed by atoms with Crippen molar-refractivity contribution in [1.82, 2.24) is 4.90 Å². The summed E-state index contributed by atoms with van der Waals surface area (Å²) >= 11 is 16.9. The number of anilines is 1. The summed E-state index contributed by atoms with van der Waals surface area (Å²) in [6, 6.07) is 16.0. The first-order valence-electron chi connectivity index (χ1n) is 6.84. The van der Waals surface area contributed by atoms with E-state index in [0.717, 1.165) is 32.6 Å². The highest BCUT2D eigenvalue weighted by molar-refractivity contribution is 9.10. The molecule has 114 valence electrons. The standard InChI is InChI=1S/C16H14BrClN2S2/c17-12-3-1-11(2-4-12)15-20(9-10-22-15)16(21)19-14-7-5-13(18)6-8-14/h1-8,15H,9-10H2,(H,19,21). The Kier molecular flexibility index (Phi) is 5.29. The van der Waals surface area contributed by atoms with Crippen molar-refractivity contribution >= 4 is 62.3 Å². The van der Waals surface area contributed by atoms with Crippen LogP contribution in [0.3, 0.4) is 0 Å². The molecule has 6 heteroatoms. The highest BCUT2D eigenvalue weighted by Crippen LogP contribution is 2.38. The first kappa shape index (κ1) is 16.1. The van der Waals surface area contributed by atoms with Crippen LogP contribution in [-0.2, 0) is 0 Å². The van der Waals surface area contributed by atoms with Crippen LogP contribution in [0.2, 0.25) is 5.02 Å². The summed E-state index contributed by atoms with van der Waals surface area (Å²) in [6.07, 6.45) is 0. The van der Waals surface area contributed by atoms with Crippen molar-refractivity contribution in [3.63, 3.8) is 0 Å². The number of halogens is 2. The summed E-state index contributed by atoms with van der Waals surface area (Å²) in [5.74, 6) is 1.07. The molecule has 1 N–H and O–H groups in total. The molecule has 0 amide bonds. The highest BCUT2D eigenvalue weighted by atomic mass is 79.9. The lowest BCUT2D eigenvalue weighted by atomic mass is 10.2. The average Bonchev–Trinajstić information content (AvgIpc) is 3.00. The second kappa shape index (κ2) is 7.21. The Labute approximate surface area is 153 Å². The zero-order chi connectivity index (χ0) is 15.5. The molecule has 1 aliphatic heterocycles. The normalized spacial score (nSPS) is 17.5. The van der Waals surface area contributed by atoms with E-state index in [1.807, 2.05) is 36.0 Å². The number of hydrogen-bond donors (Lipinski definition) is 1. The van der Waals surface area contributed by atoms with Gasteiger partial charge in [0.1, 0.15) is 5.37 Å². The van der Waals surface area contributed by atoms with Gasteiger partial charge < -0.3 is 10.2 Å². The summed E-state index contributed by atoms with van der Waals surface area (Å²) in [4.78, 5) is 2.23. The van der Waals surface area contributed by atoms with Gasteiger partial charge in [0.25, 0.3) is 0 Å². The average molecular weight is 414 g/mol. The van der Waals surface area contributed by atoms with E-state index < -0.39 is 0 Å². The van der Waals surface area contributed by atoms with E-state index in [1.54, 1.807) is 0 Å². The lowest BCUT2D eigenvalue weighted by molar-refractivity contribution is 0.457. The summed E-state index contributed by atoms with van der Waals surface area (Å²) < 4.78 is 1.09. The smallest absolute Gasteiger partial charge is 0.174 e. The minimum atomic E-state index is 0.264. The van der Waals surface area contributed by atoms with Gasteiger partial charge in [-0.2, -0.15) is 0 Å². The number of nitrogens with zero attached hydrogens (tertiary/aromatic N) is 1. The van der Waals surface area contributed by atoms with Crippen LogP contribution in [0.4, 0.5) is 5.69 Å². The van der Waals surface area contributed by atoms with Crippen LogP contribution in [-0.4, -0.2) is 22.3 Å². The number of hydrogen-bond acceptors (Lipinski definition) is 2. The van der Waals surface area contributed by atoms with Gasteiger partial charge in [-0.15, -0.1) is 11.8 Å². The van der Waals surface area contributed by atoms with Crippen LogP contribution in [0.1, 0.15) is 10.9 Å². The lowest BCUT2D eigenvalue weighted by Gasteiger charge is -2.27. The Balaban J connectivity index is 1.73. The van der Waals surface area contributed by atoms with Crippen molar-refractivity contribution in [3.8, 4) is 0 Å². The van der Waals surface area contributed by atoms with E-state index >= 15 is 0 Å². The SMILES string of the molecule is S=C(Nc1ccc(Cl)cc1)N1CCSC1c1ccc(Br)cc1. The summed E-state index contributed by atoms with van der Waals surface area (Å²) in [5, 5.41) is 5.04. The first-order valence-corrected chi connectivity index (χ1v) is 9.46. The molecule has 0 aromatic heterocycles. The molecule has 1 atom stereocenters. The van der Waals surface area contributed by atoms with Gasteiger partial charge >= 0.3 is 0 Å². The Morgan fingerprint density at radius 3 is 2.55 bits per heavy atom. The van der Waals surface area contributed by atoms with E-state index in [4.69, 9.17) is 23.8 Å². The maximum atomic E-state index is 5.91. The summed E-state index contributed by atoms with van der Waals surface area (Å²) in [6.45, 7) is 0.949. The fourth-order valence-electron chi connectivity index (χ4n) is 2.31. The third-order valence-corrected chi connectivity index (χ3v) is 5.78. The quantitative estimate of drug-likeness (QED) is 0.649. The van der Waals surface area contributed by atoms with Gasteiger partial charge in [0.15, 0.2) is 5.11 Å². The van der Waals surface area contributed by atoms with Gasteiger partial charge in [-0.1, -0.05) is 39.7 Å². The molecule has 1 saturated heterocycles. The lowest BCUT2D eigenvalue weighted by Crippen LogP contribution is -2.34. The maximum absolute atomic E-state index is 5.91. The molecule has 2 aromatic carbocycles. The van der Waals surface area contributed by atoms with E-state index in [-0.39, 0.29) is 5.37 Å². The minimum absolute atomic E-state index is 0.264. The van der Waals surface area contributed by atoms with E-state index in [1.165, 1.54) is 5.56 Å². The van der Waals surface area contributed by atoms with E-state index in [2.05, 4.69) is 50.4 Å². The summed E-state index contributed by atoms with van der Waals surface area (Å²) in [7, 11) is 0. The summed E-state index contributed by atoms with van der Waals surface area (Å²) in [5.41, 5.74) is 2.23. The van der Waals surface area contributed by atoms with Crippen LogP contribution in [0.5, 0.6) is 0 Å². The molecule has 0 radical (unpaired) electrons. The van der Waals surface area contributed by atoms with Crippen molar-refractivity contribution in [3.05, 3.63) is 63.6 Å². The Bertz CT molecular complexity index is 661. The van der Waals surface area contributed by atoms with E-state index in [0.29, 0.717) is 0 Å². The molecule has 1 aliphatic rings. The number of thiocarbonyl (C=S) groups is 1. The van der Waals surface area contributed by atoms with Crippen molar-refractivity contribution in [2.45, 2.75) is 5.37 Å². The van der Waals surface area contributed by atoms with Crippen LogP contribution >= 0.6 is 51.5 Å². The molecule has 0 spiro atoms. The number of benzene rings is 2. The second-order valence-corrected chi connectivity index (χ2v) is 7.83. The Hall–Kier alpha value is -0.750. The number of rotatable bonds is 2. The molecule has 3 rings (SSSR count). The van der Waals surface area contributed by atoms with Crippen molar-refractivity contribution in [2.24, 2.45) is 0 Å². The molecule has 2 nitrogen and oxygen atoms in total. The van der Waals surface area contributed by atoms with Gasteiger partial charge in [0.2, 0.25) is 0 Å². The van der Waals surface area contributed by atoms with Crippen LogP contribution in [0, 0.1) is 0 Å². The van der Waals surface area contributed by atoms with Crippen molar-refractivity contribution in [1.29, 1.82) is 0 Å². The van der Waals surface area contributed by atoms with E-state index in [9.17, 15) is 0 Å². The largest absolute Gasteiger partial charge is 0.333 e.